The number of methoxy groups -OCH3 is 1. The van der Waals surface area contributed by atoms with Crippen molar-refractivity contribution in [3.05, 3.63) is 63.7 Å². The largest absolute Gasteiger partial charge is 0.497 e. The van der Waals surface area contributed by atoms with Crippen LogP contribution in [-0.4, -0.2) is 31.1 Å². The van der Waals surface area contributed by atoms with E-state index in [9.17, 15) is 18.9 Å². The molecule has 0 fully saturated rings. The molecular weight excluding hydrogens is 386 g/mol. The number of nitrogens with one attached hydrogen (secondary N) is 2. The third-order valence-electron chi connectivity index (χ3n) is 3.84. The van der Waals surface area contributed by atoms with Crippen LogP contribution in [0.25, 0.3) is 0 Å². The van der Waals surface area contributed by atoms with Gasteiger partial charge in [0.25, 0.3) is 5.69 Å². The minimum atomic E-state index is -2.94. The summed E-state index contributed by atoms with van der Waals surface area (Å²) in [6.45, 7) is -0.00644. The Hall–Kier alpha value is -3.43. The third kappa shape index (κ3) is 6.91. The molecule has 0 unspecified atom stereocenters. The molecule has 0 aliphatic carbocycles. The van der Waals surface area contributed by atoms with E-state index in [-0.39, 0.29) is 24.5 Å². The van der Waals surface area contributed by atoms with Crippen molar-refractivity contribution in [3.8, 4) is 11.5 Å². The second-order valence-corrected chi connectivity index (χ2v) is 5.82. The number of hydrogen-bond acceptors (Lipinski definition) is 5. The minimum absolute atomic E-state index is 0.00680. The first kappa shape index (κ1) is 21.9. The minimum Gasteiger partial charge on any atom is -0.497 e. The van der Waals surface area contributed by atoms with E-state index in [0.717, 1.165) is 5.56 Å². The second kappa shape index (κ2) is 10.8. The number of benzene rings is 2. The highest BCUT2D eigenvalue weighted by Crippen LogP contribution is 2.25. The maximum Gasteiger partial charge on any atom is 0.387 e. The standard InChI is InChI=1S/C19H22F2N4O4/c1-3-22-19(23-11-13-4-6-15(7-5-13)25(26)27)24-12-14-10-16(28-2)8-9-17(14)29-18(20)21/h4-10,18H,3,11-12H2,1-2H3,(H2,22,23,24). The summed E-state index contributed by atoms with van der Waals surface area (Å²) in [7, 11) is 1.48. The van der Waals surface area contributed by atoms with Gasteiger partial charge in [0.15, 0.2) is 5.96 Å². The van der Waals surface area contributed by atoms with E-state index in [1.54, 1.807) is 18.2 Å². The van der Waals surface area contributed by atoms with E-state index in [1.165, 1.54) is 31.4 Å². The molecule has 2 aromatic rings. The highest BCUT2D eigenvalue weighted by molar-refractivity contribution is 5.79. The predicted molar refractivity (Wildman–Crippen MR) is 104 cm³/mol. The molecule has 0 amide bonds. The van der Waals surface area contributed by atoms with Crippen LogP contribution in [0.15, 0.2) is 47.5 Å². The summed E-state index contributed by atoms with van der Waals surface area (Å²) >= 11 is 0. The average Bonchev–Trinajstić information content (AvgIpc) is 2.70. The monoisotopic (exact) mass is 408 g/mol. The Bertz CT molecular complexity index is 845. The molecule has 0 spiro atoms. The van der Waals surface area contributed by atoms with E-state index < -0.39 is 11.5 Å². The van der Waals surface area contributed by atoms with Crippen LogP contribution in [0.3, 0.4) is 0 Å². The first-order chi connectivity index (χ1) is 13.9. The Kier molecular flexibility index (Phi) is 8.13. The number of rotatable bonds is 9. The lowest BCUT2D eigenvalue weighted by Gasteiger charge is -2.15. The van der Waals surface area contributed by atoms with Gasteiger partial charge in [-0.1, -0.05) is 12.1 Å². The van der Waals surface area contributed by atoms with Gasteiger partial charge in [0.05, 0.1) is 18.6 Å². The first-order valence-corrected chi connectivity index (χ1v) is 8.80. The molecule has 0 radical (unpaired) electrons. The number of aliphatic imine (C=N–C) groups is 1. The van der Waals surface area contributed by atoms with Crippen molar-refractivity contribution in [3.63, 3.8) is 0 Å². The first-order valence-electron chi connectivity index (χ1n) is 8.80. The molecule has 0 aliphatic heterocycles. The highest BCUT2D eigenvalue weighted by atomic mass is 19.3. The van der Waals surface area contributed by atoms with E-state index >= 15 is 0 Å². The molecule has 156 valence electrons. The molecule has 8 nitrogen and oxygen atoms in total. The fourth-order valence-electron chi connectivity index (χ4n) is 2.45. The molecular formula is C19H22F2N4O4. The van der Waals surface area contributed by atoms with Crippen molar-refractivity contribution in [2.75, 3.05) is 13.7 Å². The van der Waals surface area contributed by atoms with Gasteiger partial charge in [-0.15, -0.1) is 0 Å². The molecule has 0 saturated carbocycles. The van der Waals surface area contributed by atoms with Gasteiger partial charge in [0, 0.05) is 30.8 Å². The Morgan fingerprint density at radius 1 is 1.21 bits per heavy atom. The molecule has 2 rings (SSSR count). The number of guanidine groups is 1. The van der Waals surface area contributed by atoms with Crippen molar-refractivity contribution in [1.29, 1.82) is 0 Å². The van der Waals surface area contributed by atoms with Gasteiger partial charge in [-0.05, 0) is 30.7 Å². The number of nitro benzene ring substituents is 1. The van der Waals surface area contributed by atoms with Crippen molar-refractivity contribution in [1.82, 2.24) is 10.6 Å². The number of ether oxygens (including phenoxy) is 2. The predicted octanol–water partition coefficient (Wildman–Crippen LogP) is 3.46. The van der Waals surface area contributed by atoms with Gasteiger partial charge in [-0.25, -0.2) is 4.99 Å². The zero-order valence-electron chi connectivity index (χ0n) is 16.0. The van der Waals surface area contributed by atoms with Crippen LogP contribution in [0, 0.1) is 10.1 Å². The lowest BCUT2D eigenvalue weighted by Crippen LogP contribution is -2.36. The summed E-state index contributed by atoms with van der Waals surface area (Å²) in [5, 5.41) is 16.8. The van der Waals surface area contributed by atoms with Crippen LogP contribution in [-0.2, 0) is 13.1 Å². The third-order valence-corrected chi connectivity index (χ3v) is 3.84. The number of halogens is 2. The zero-order valence-corrected chi connectivity index (χ0v) is 16.0. The number of non-ortho nitro benzene ring substituents is 1. The summed E-state index contributed by atoms with van der Waals surface area (Å²) in [5.41, 5.74) is 1.27. The van der Waals surface area contributed by atoms with Crippen LogP contribution in [0.4, 0.5) is 14.5 Å². The van der Waals surface area contributed by atoms with E-state index in [0.29, 0.717) is 23.8 Å². The van der Waals surface area contributed by atoms with Gasteiger partial charge in [-0.3, -0.25) is 10.1 Å². The molecule has 2 N–H and O–H groups in total. The Balaban J connectivity index is 2.10. The molecule has 0 aromatic heterocycles. The van der Waals surface area contributed by atoms with E-state index in [2.05, 4.69) is 20.4 Å². The van der Waals surface area contributed by atoms with Crippen molar-refractivity contribution < 1.29 is 23.2 Å². The molecule has 0 saturated heterocycles. The number of alkyl halides is 2. The lowest BCUT2D eigenvalue weighted by atomic mass is 10.2. The van der Waals surface area contributed by atoms with Gasteiger partial charge < -0.3 is 20.1 Å². The van der Waals surface area contributed by atoms with Crippen LogP contribution < -0.4 is 20.1 Å². The maximum absolute atomic E-state index is 12.6. The van der Waals surface area contributed by atoms with Crippen LogP contribution >= 0.6 is 0 Å². The molecule has 29 heavy (non-hydrogen) atoms. The number of hydrogen-bond donors (Lipinski definition) is 2. The second-order valence-electron chi connectivity index (χ2n) is 5.82. The number of nitro groups is 1. The lowest BCUT2D eigenvalue weighted by molar-refractivity contribution is -0.384. The van der Waals surface area contributed by atoms with Gasteiger partial charge in [-0.2, -0.15) is 8.78 Å². The maximum atomic E-state index is 12.6. The smallest absolute Gasteiger partial charge is 0.387 e. The molecule has 0 heterocycles. The van der Waals surface area contributed by atoms with Crippen LogP contribution in [0.2, 0.25) is 0 Å². The Labute approximate surface area is 166 Å². The van der Waals surface area contributed by atoms with Crippen molar-refractivity contribution in [2.45, 2.75) is 26.6 Å². The SMILES string of the molecule is CCNC(=NCc1ccc([N+](=O)[O-])cc1)NCc1cc(OC)ccc1OC(F)F. The van der Waals surface area contributed by atoms with Crippen LogP contribution in [0.1, 0.15) is 18.1 Å². The number of nitrogens with zero attached hydrogens (tertiary/aromatic N) is 2. The summed E-state index contributed by atoms with van der Waals surface area (Å²) in [4.78, 5) is 14.7. The topological polar surface area (TPSA) is 98.0 Å². The molecule has 10 heteroatoms. The van der Waals surface area contributed by atoms with E-state index in [4.69, 9.17) is 4.74 Å². The van der Waals surface area contributed by atoms with Gasteiger partial charge >= 0.3 is 6.61 Å². The molecule has 0 atom stereocenters. The van der Waals surface area contributed by atoms with E-state index in [1.807, 2.05) is 6.92 Å². The molecule has 0 aliphatic rings. The summed E-state index contributed by atoms with van der Waals surface area (Å²) in [6.07, 6.45) is 0. The summed E-state index contributed by atoms with van der Waals surface area (Å²) in [6, 6.07) is 10.6. The summed E-state index contributed by atoms with van der Waals surface area (Å²) in [5.74, 6) is 1.01. The van der Waals surface area contributed by atoms with Gasteiger partial charge in [0.2, 0.25) is 0 Å². The van der Waals surface area contributed by atoms with Gasteiger partial charge in [0.1, 0.15) is 11.5 Å². The van der Waals surface area contributed by atoms with Crippen molar-refractivity contribution >= 4 is 11.6 Å². The van der Waals surface area contributed by atoms with Crippen molar-refractivity contribution in [2.24, 2.45) is 4.99 Å². The fraction of sp³-hybridized carbons (Fsp3) is 0.316. The molecule has 2 aromatic carbocycles. The molecule has 0 bridgehead atoms. The highest BCUT2D eigenvalue weighted by Gasteiger charge is 2.12. The normalized spacial score (nSPS) is 11.3. The Morgan fingerprint density at radius 2 is 1.93 bits per heavy atom. The zero-order chi connectivity index (χ0) is 21.2. The fourth-order valence-corrected chi connectivity index (χ4v) is 2.45. The average molecular weight is 408 g/mol. The van der Waals surface area contributed by atoms with Crippen LogP contribution in [0.5, 0.6) is 11.5 Å². The quantitative estimate of drug-likeness (QED) is 0.285. The summed E-state index contributed by atoms with van der Waals surface area (Å²) < 4.78 is 35.0. The Morgan fingerprint density at radius 3 is 2.52 bits per heavy atom.